The van der Waals surface area contributed by atoms with E-state index in [0.717, 1.165) is 69.6 Å². The normalized spacial score (nSPS) is 17.9. The molecule has 1 aliphatic heterocycles. The van der Waals surface area contributed by atoms with Crippen LogP contribution in [-0.4, -0.2) is 52.0 Å². The Labute approximate surface area is 149 Å². The number of rotatable bonds is 9. The highest BCUT2D eigenvalue weighted by molar-refractivity contribution is 6.31. The molecule has 1 aromatic carbocycles. The summed E-state index contributed by atoms with van der Waals surface area (Å²) in [5.41, 5.74) is 1.19. The van der Waals surface area contributed by atoms with Crippen molar-refractivity contribution in [3.05, 3.63) is 34.9 Å². The Balaban J connectivity index is 1.51. The second kappa shape index (κ2) is 11.3. The molecule has 0 amide bonds. The number of hydrogen-bond acceptors (Lipinski definition) is 3. The number of hydrogen-bond donors (Lipinski definition) is 2. The maximum atomic E-state index is 6.16. The molecule has 1 fully saturated rings. The second-order valence-corrected chi connectivity index (χ2v) is 6.24. The topological polar surface area (TPSA) is 54.9 Å². The zero-order valence-electron chi connectivity index (χ0n) is 14.4. The minimum absolute atomic E-state index is 0.284. The van der Waals surface area contributed by atoms with Crippen LogP contribution in [0.5, 0.6) is 0 Å². The summed E-state index contributed by atoms with van der Waals surface area (Å²) in [4.78, 5) is 4.23. The smallest absolute Gasteiger partial charge is 0.190 e. The third-order valence-electron chi connectivity index (χ3n) is 3.95. The average Bonchev–Trinajstić information content (AvgIpc) is 3.11. The first-order valence-electron chi connectivity index (χ1n) is 8.67. The molecular weight excluding hydrogens is 326 g/mol. The van der Waals surface area contributed by atoms with Gasteiger partial charge in [-0.05, 0) is 37.3 Å². The molecule has 1 heterocycles. The number of nitrogens with one attached hydrogen (secondary N) is 2. The highest BCUT2D eigenvalue weighted by atomic mass is 35.5. The van der Waals surface area contributed by atoms with Crippen molar-refractivity contribution in [2.75, 3.05) is 40.0 Å². The molecule has 2 rings (SSSR count). The summed E-state index contributed by atoms with van der Waals surface area (Å²) in [5.74, 6) is 0.832. The van der Waals surface area contributed by atoms with Crippen molar-refractivity contribution in [2.24, 2.45) is 4.99 Å². The van der Waals surface area contributed by atoms with E-state index in [1.54, 1.807) is 7.05 Å². The summed E-state index contributed by atoms with van der Waals surface area (Å²) in [7, 11) is 1.79. The van der Waals surface area contributed by atoms with E-state index in [4.69, 9.17) is 21.1 Å². The third kappa shape index (κ3) is 7.07. The van der Waals surface area contributed by atoms with Crippen molar-refractivity contribution in [3.8, 4) is 0 Å². The van der Waals surface area contributed by atoms with E-state index in [0.29, 0.717) is 0 Å². The molecule has 134 valence electrons. The van der Waals surface area contributed by atoms with Gasteiger partial charge in [0.2, 0.25) is 0 Å². The van der Waals surface area contributed by atoms with Crippen molar-refractivity contribution < 1.29 is 9.47 Å². The van der Waals surface area contributed by atoms with Gasteiger partial charge in [0.15, 0.2) is 5.96 Å². The lowest BCUT2D eigenvalue weighted by atomic mass is 10.1. The van der Waals surface area contributed by atoms with Crippen LogP contribution in [-0.2, 0) is 15.9 Å². The van der Waals surface area contributed by atoms with Crippen molar-refractivity contribution in [3.63, 3.8) is 0 Å². The monoisotopic (exact) mass is 353 g/mol. The Kier molecular flexibility index (Phi) is 8.95. The Hall–Kier alpha value is -1.30. The molecular formula is C18H28ClN3O2. The Bertz CT molecular complexity index is 505. The van der Waals surface area contributed by atoms with Crippen LogP contribution in [0.15, 0.2) is 29.3 Å². The zero-order valence-corrected chi connectivity index (χ0v) is 15.1. The lowest BCUT2D eigenvalue weighted by molar-refractivity contribution is 0.0420. The highest BCUT2D eigenvalue weighted by Gasteiger charge is 2.15. The van der Waals surface area contributed by atoms with Gasteiger partial charge < -0.3 is 20.1 Å². The molecule has 5 nitrogen and oxygen atoms in total. The van der Waals surface area contributed by atoms with Gasteiger partial charge in [0.1, 0.15) is 0 Å². The molecule has 1 atom stereocenters. The first kappa shape index (κ1) is 19.0. The quantitative estimate of drug-likeness (QED) is 0.407. The van der Waals surface area contributed by atoms with E-state index in [9.17, 15) is 0 Å². The molecule has 0 aliphatic carbocycles. The zero-order chi connectivity index (χ0) is 17.0. The summed E-state index contributed by atoms with van der Waals surface area (Å²) >= 11 is 6.16. The molecule has 1 aromatic rings. The van der Waals surface area contributed by atoms with Gasteiger partial charge in [-0.1, -0.05) is 29.8 Å². The predicted octanol–water partition coefficient (Wildman–Crippen LogP) is 2.63. The van der Waals surface area contributed by atoms with Crippen LogP contribution in [0, 0.1) is 0 Å². The maximum absolute atomic E-state index is 6.16. The van der Waals surface area contributed by atoms with E-state index in [2.05, 4.69) is 21.7 Å². The fourth-order valence-electron chi connectivity index (χ4n) is 2.58. The van der Waals surface area contributed by atoms with Gasteiger partial charge in [-0.25, -0.2) is 0 Å². The van der Waals surface area contributed by atoms with E-state index >= 15 is 0 Å². The Morgan fingerprint density at radius 1 is 1.29 bits per heavy atom. The predicted molar refractivity (Wildman–Crippen MR) is 98.9 cm³/mol. The SMILES string of the molecule is CN=C(NCCCOC1CCOC1)NCCCc1ccccc1Cl. The van der Waals surface area contributed by atoms with E-state index < -0.39 is 0 Å². The number of aliphatic imine (C=N–C) groups is 1. The minimum Gasteiger partial charge on any atom is -0.379 e. The third-order valence-corrected chi connectivity index (χ3v) is 4.32. The van der Waals surface area contributed by atoms with Crippen molar-refractivity contribution in [2.45, 2.75) is 31.8 Å². The van der Waals surface area contributed by atoms with Crippen molar-refractivity contribution >= 4 is 17.6 Å². The van der Waals surface area contributed by atoms with Gasteiger partial charge in [-0.3, -0.25) is 4.99 Å². The Morgan fingerprint density at radius 2 is 2.08 bits per heavy atom. The standard InChI is InChI=1S/C18H28ClN3O2/c1-20-18(22-11-5-12-24-16-9-13-23-14-16)21-10-4-7-15-6-2-3-8-17(15)19/h2-3,6,8,16H,4-5,7,9-14H2,1H3,(H2,20,21,22). The lowest BCUT2D eigenvalue weighted by Gasteiger charge is -2.13. The summed E-state index contributed by atoms with van der Waals surface area (Å²) < 4.78 is 11.0. The second-order valence-electron chi connectivity index (χ2n) is 5.83. The summed E-state index contributed by atoms with van der Waals surface area (Å²) in [6, 6.07) is 7.99. The molecule has 0 spiro atoms. The molecule has 6 heteroatoms. The summed E-state index contributed by atoms with van der Waals surface area (Å²) in [5, 5.41) is 7.47. The van der Waals surface area contributed by atoms with Crippen LogP contribution in [0.25, 0.3) is 0 Å². The van der Waals surface area contributed by atoms with Crippen LogP contribution in [0.2, 0.25) is 5.02 Å². The van der Waals surface area contributed by atoms with Crippen LogP contribution < -0.4 is 10.6 Å². The van der Waals surface area contributed by atoms with E-state index in [-0.39, 0.29) is 6.10 Å². The van der Waals surface area contributed by atoms with E-state index in [1.165, 1.54) is 5.56 Å². The molecule has 1 saturated heterocycles. The largest absolute Gasteiger partial charge is 0.379 e. The molecule has 0 bridgehead atoms. The van der Waals surface area contributed by atoms with E-state index in [1.807, 2.05) is 18.2 Å². The van der Waals surface area contributed by atoms with Gasteiger partial charge in [0.05, 0.1) is 12.7 Å². The van der Waals surface area contributed by atoms with Gasteiger partial charge in [0, 0.05) is 38.4 Å². The molecule has 1 aliphatic rings. The molecule has 1 unspecified atom stereocenters. The Morgan fingerprint density at radius 3 is 2.79 bits per heavy atom. The first-order chi connectivity index (χ1) is 11.8. The van der Waals surface area contributed by atoms with Crippen molar-refractivity contribution in [1.29, 1.82) is 0 Å². The van der Waals surface area contributed by atoms with Crippen LogP contribution in [0.3, 0.4) is 0 Å². The first-order valence-corrected chi connectivity index (χ1v) is 9.04. The average molecular weight is 354 g/mol. The number of halogens is 1. The number of benzene rings is 1. The van der Waals surface area contributed by atoms with Gasteiger partial charge >= 0.3 is 0 Å². The highest BCUT2D eigenvalue weighted by Crippen LogP contribution is 2.16. The number of aryl methyl sites for hydroxylation is 1. The minimum atomic E-state index is 0.284. The van der Waals surface area contributed by atoms with Crippen molar-refractivity contribution in [1.82, 2.24) is 10.6 Å². The van der Waals surface area contributed by atoms with Crippen LogP contribution >= 0.6 is 11.6 Å². The van der Waals surface area contributed by atoms with Crippen LogP contribution in [0.4, 0.5) is 0 Å². The van der Waals surface area contributed by atoms with Gasteiger partial charge in [-0.2, -0.15) is 0 Å². The molecule has 0 saturated carbocycles. The van der Waals surface area contributed by atoms with Crippen LogP contribution in [0.1, 0.15) is 24.8 Å². The maximum Gasteiger partial charge on any atom is 0.190 e. The fourth-order valence-corrected chi connectivity index (χ4v) is 2.81. The summed E-state index contributed by atoms with van der Waals surface area (Å²) in [6.07, 6.45) is 4.22. The van der Waals surface area contributed by atoms with Gasteiger partial charge in [0.25, 0.3) is 0 Å². The van der Waals surface area contributed by atoms with Gasteiger partial charge in [-0.15, -0.1) is 0 Å². The number of nitrogens with zero attached hydrogens (tertiary/aromatic N) is 1. The summed E-state index contributed by atoms with van der Waals surface area (Å²) in [6.45, 7) is 4.03. The fraction of sp³-hybridized carbons (Fsp3) is 0.611. The number of ether oxygens (including phenoxy) is 2. The molecule has 0 radical (unpaired) electrons. The lowest BCUT2D eigenvalue weighted by Crippen LogP contribution is -2.38. The molecule has 24 heavy (non-hydrogen) atoms. The number of guanidine groups is 1. The molecule has 0 aromatic heterocycles. The molecule has 2 N–H and O–H groups in total.